The maximum atomic E-state index is 2.59. The first-order chi connectivity index (χ1) is 13.4. The van der Waals surface area contributed by atoms with E-state index in [2.05, 4.69) is 84.6 Å². The van der Waals surface area contributed by atoms with Crippen molar-refractivity contribution in [3.63, 3.8) is 0 Å². The van der Waals surface area contributed by atoms with E-state index >= 15 is 0 Å². The molecule has 0 N–H and O–H groups in total. The van der Waals surface area contributed by atoms with Crippen LogP contribution in [0.2, 0.25) is 0 Å². The van der Waals surface area contributed by atoms with Gasteiger partial charge in [-0.25, -0.2) is 0 Å². The Morgan fingerprint density at radius 2 is 1.15 bits per heavy atom. The SMILES string of the molecule is CCCCC/C=C/CCCCCN(Cc1ccccc1)Cc1ccccc1. The Kier molecular flexibility index (Phi) is 11.3. The monoisotopic (exact) mass is 363 g/mol. The van der Waals surface area contributed by atoms with Crippen LogP contribution in [0.25, 0.3) is 0 Å². The Balaban J connectivity index is 1.70. The molecule has 0 amide bonds. The molecule has 0 fully saturated rings. The van der Waals surface area contributed by atoms with Crippen molar-refractivity contribution >= 4 is 0 Å². The second-order valence-corrected chi connectivity index (χ2v) is 7.50. The van der Waals surface area contributed by atoms with E-state index in [1.807, 2.05) is 0 Å². The second kappa shape index (κ2) is 14.2. The third kappa shape index (κ3) is 10.2. The standard InChI is InChI=1S/C26H37N/c1-2-3-4-5-6-7-8-9-10-17-22-27(23-25-18-13-11-14-19-25)24-26-20-15-12-16-21-26/h6-7,11-16,18-21H,2-5,8-10,17,22-24H2,1H3/b7-6+. The Morgan fingerprint density at radius 1 is 0.630 bits per heavy atom. The molecule has 0 radical (unpaired) electrons. The minimum absolute atomic E-state index is 1.03. The van der Waals surface area contributed by atoms with Crippen molar-refractivity contribution in [1.82, 2.24) is 4.90 Å². The first-order valence-electron chi connectivity index (χ1n) is 10.8. The molecule has 0 bridgehead atoms. The topological polar surface area (TPSA) is 3.24 Å². The summed E-state index contributed by atoms with van der Waals surface area (Å²) in [6, 6.07) is 21.7. The van der Waals surface area contributed by atoms with Gasteiger partial charge in [0.2, 0.25) is 0 Å². The van der Waals surface area contributed by atoms with Gasteiger partial charge in [0, 0.05) is 13.1 Å². The highest BCUT2D eigenvalue weighted by atomic mass is 15.1. The number of allylic oxidation sites excluding steroid dienone is 2. The van der Waals surface area contributed by atoms with Gasteiger partial charge in [-0.1, -0.05) is 99.0 Å². The summed E-state index contributed by atoms with van der Waals surface area (Å²) in [6.45, 7) is 5.51. The molecular weight excluding hydrogens is 326 g/mol. The Bertz CT molecular complexity index is 561. The summed E-state index contributed by atoms with van der Waals surface area (Å²) in [5.74, 6) is 0. The molecule has 1 heteroatoms. The predicted molar refractivity (Wildman–Crippen MR) is 119 cm³/mol. The fourth-order valence-electron chi connectivity index (χ4n) is 3.42. The van der Waals surface area contributed by atoms with Crippen LogP contribution in [0.3, 0.4) is 0 Å². The van der Waals surface area contributed by atoms with Crippen LogP contribution < -0.4 is 0 Å². The molecule has 1 nitrogen and oxygen atoms in total. The van der Waals surface area contributed by atoms with Crippen LogP contribution in [-0.4, -0.2) is 11.4 Å². The van der Waals surface area contributed by atoms with Crippen molar-refractivity contribution in [2.24, 2.45) is 0 Å². The normalized spacial score (nSPS) is 11.5. The zero-order chi connectivity index (χ0) is 19.0. The molecule has 0 aromatic heterocycles. The molecule has 0 heterocycles. The number of hydrogen-bond acceptors (Lipinski definition) is 1. The van der Waals surface area contributed by atoms with E-state index in [1.54, 1.807) is 0 Å². The highest BCUT2D eigenvalue weighted by molar-refractivity contribution is 5.17. The summed E-state index contributed by atoms with van der Waals surface area (Å²) >= 11 is 0. The number of nitrogens with zero attached hydrogens (tertiary/aromatic N) is 1. The van der Waals surface area contributed by atoms with Crippen molar-refractivity contribution < 1.29 is 0 Å². The first kappa shape index (κ1) is 21.4. The zero-order valence-corrected chi connectivity index (χ0v) is 17.2. The van der Waals surface area contributed by atoms with E-state index < -0.39 is 0 Å². The lowest BCUT2D eigenvalue weighted by Gasteiger charge is -2.22. The van der Waals surface area contributed by atoms with Gasteiger partial charge in [0.25, 0.3) is 0 Å². The van der Waals surface area contributed by atoms with Crippen molar-refractivity contribution in [2.45, 2.75) is 71.4 Å². The molecule has 2 aromatic rings. The van der Waals surface area contributed by atoms with Crippen molar-refractivity contribution in [3.8, 4) is 0 Å². The van der Waals surface area contributed by atoms with Crippen LogP contribution >= 0.6 is 0 Å². The molecule has 27 heavy (non-hydrogen) atoms. The smallest absolute Gasteiger partial charge is 0.0237 e. The zero-order valence-electron chi connectivity index (χ0n) is 17.2. The van der Waals surface area contributed by atoms with Gasteiger partial charge in [-0.3, -0.25) is 4.90 Å². The number of rotatable bonds is 14. The lowest BCUT2D eigenvalue weighted by atomic mass is 10.1. The maximum absolute atomic E-state index is 2.59. The maximum Gasteiger partial charge on any atom is 0.0237 e. The molecule has 0 spiro atoms. The van der Waals surface area contributed by atoms with Crippen LogP contribution in [-0.2, 0) is 13.1 Å². The average Bonchev–Trinajstić information content (AvgIpc) is 2.71. The van der Waals surface area contributed by atoms with Gasteiger partial charge >= 0.3 is 0 Å². The van der Waals surface area contributed by atoms with E-state index in [0.717, 1.165) is 13.1 Å². The van der Waals surface area contributed by atoms with Gasteiger partial charge in [0.1, 0.15) is 0 Å². The van der Waals surface area contributed by atoms with Gasteiger partial charge in [0.05, 0.1) is 0 Å². The van der Waals surface area contributed by atoms with Gasteiger partial charge in [-0.2, -0.15) is 0 Å². The quantitative estimate of drug-likeness (QED) is 0.250. The molecular formula is C26H37N. The highest BCUT2D eigenvalue weighted by Crippen LogP contribution is 2.12. The Labute approximate surface area is 167 Å². The van der Waals surface area contributed by atoms with E-state index in [1.165, 1.54) is 69.0 Å². The molecule has 2 rings (SSSR count). The van der Waals surface area contributed by atoms with E-state index in [9.17, 15) is 0 Å². The van der Waals surface area contributed by atoms with Crippen LogP contribution in [0.4, 0.5) is 0 Å². The molecule has 0 aliphatic heterocycles. The first-order valence-corrected chi connectivity index (χ1v) is 10.8. The lowest BCUT2D eigenvalue weighted by Crippen LogP contribution is -2.24. The molecule has 0 saturated heterocycles. The molecule has 0 unspecified atom stereocenters. The lowest BCUT2D eigenvalue weighted by molar-refractivity contribution is 0.250. The van der Waals surface area contributed by atoms with Crippen LogP contribution in [0.15, 0.2) is 72.8 Å². The summed E-state index contributed by atoms with van der Waals surface area (Å²) in [4.78, 5) is 2.59. The van der Waals surface area contributed by atoms with Crippen LogP contribution in [0.1, 0.15) is 69.4 Å². The minimum atomic E-state index is 1.03. The van der Waals surface area contributed by atoms with Crippen molar-refractivity contribution in [2.75, 3.05) is 6.54 Å². The molecule has 0 aliphatic carbocycles. The summed E-state index contributed by atoms with van der Waals surface area (Å²) in [7, 11) is 0. The minimum Gasteiger partial charge on any atom is -0.295 e. The van der Waals surface area contributed by atoms with Crippen LogP contribution in [0.5, 0.6) is 0 Å². The third-order valence-electron chi connectivity index (χ3n) is 4.98. The van der Waals surface area contributed by atoms with Crippen molar-refractivity contribution in [1.29, 1.82) is 0 Å². The largest absolute Gasteiger partial charge is 0.295 e. The molecule has 146 valence electrons. The fourth-order valence-corrected chi connectivity index (χ4v) is 3.42. The highest BCUT2D eigenvalue weighted by Gasteiger charge is 2.07. The summed E-state index contributed by atoms with van der Waals surface area (Å²) in [6.07, 6.45) is 15.2. The molecule has 0 atom stereocenters. The molecule has 0 aliphatic rings. The average molecular weight is 364 g/mol. The number of unbranched alkanes of at least 4 members (excludes halogenated alkanes) is 6. The number of hydrogen-bond donors (Lipinski definition) is 0. The van der Waals surface area contributed by atoms with Gasteiger partial charge in [0.15, 0.2) is 0 Å². The summed E-state index contributed by atoms with van der Waals surface area (Å²) in [5.41, 5.74) is 2.81. The fraction of sp³-hybridized carbons (Fsp3) is 0.462. The van der Waals surface area contributed by atoms with E-state index in [0.29, 0.717) is 0 Å². The van der Waals surface area contributed by atoms with Crippen LogP contribution in [0, 0.1) is 0 Å². The predicted octanol–water partition coefficient (Wildman–Crippen LogP) is 7.39. The second-order valence-electron chi connectivity index (χ2n) is 7.50. The van der Waals surface area contributed by atoms with Gasteiger partial charge < -0.3 is 0 Å². The number of benzene rings is 2. The van der Waals surface area contributed by atoms with E-state index in [4.69, 9.17) is 0 Å². The summed E-state index contributed by atoms with van der Waals surface area (Å²) < 4.78 is 0. The summed E-state index contributed by atoms with van der Waals surface area (Å²) in [5, 5.41) is 0. The molecule has 0 saturated carbocycles. The van der Waals surface area contributed by atoms with E-state index in [-0.39, 0.29) is 0 Å². The van der Waals surface area contributed by atoms with Gasteiger partial charge in [-0.05, 0) is 49.8 Å². The Hall–Kier alpha value is -1.86. The van der Waals surface area contributed by atoms with Crippen molar-refractivity contribution in [3.05, 3.63) is 83.9 Å². The molecule has 2 aromatic carbocycles. The third-order valence-corrected chi connectivity index (χ3v) is 4.98. The Morgan fingerprint density at radius 3 is 1.67 bits per heavy atom. The van der Waals surface area contributed by atoms with Gasteiger partial charge in [-0.15, -0.1) is 0 Å².